The standard InChI is InChI=1S/C12H16IN3S/c1-3-10(14)11(12-8(2)4-5-17-12)16-7-9(13)6-15-16/h4-7,10-11H,3,14H2,1-2H3. The molecule has 2 aromatic heterocycles. The van der Waals surface area contributed by atoms with Gasteiger partial charge in [-0.1, -0.05) is 6.92 Å². The van der Waals surface area contributed by atoms with Crippen LogP contribution in [-0.4, -0.2) is 15.8 Å². The zero-order valence-corrected chi connectivity index (χ0v) is 12.9. The Hall–Kier alpha value is -0.400. The maximum Gasteiger partial charge on any atom is 0.101 e. The van der Waals surface area contributed by atoms with Crippen molar-refractivity contribution < 1.29 is 0 Å². The molecule has 0 saturated carbocycles. The van der Waals surface area contributed by atoms with Gasteiger partial charge in [0.15, 0.2) is 0 Å². The molecule has 0 aliphatic carbocycles. The Balaban J connectivity index is 2.42. The summed E-state index contributed by atoms with van der Waals surface area (Å²) in [6.07, 6.45) is 4.87. The molecule has 92 valence electrons. The van der Waals surface area contributed by atoms with Crippen molar-refractivity contribution in [3.8, 4) is 0 Å². The number of hydrogen-bond acceptors (Lipinski definition) is 3. The van der Waals surface area contributed by atoms with Gasteiger partial charge in [0.2, 0.25) is 0 Å². The number of halogens is 1. The maximum absolute atomic E-state index is 6.26. The van der Waals surface area contributed by atoms with Gasteiger partial charge in [0.05, 0.1) is 9.77 Å². The van der Waals surface area contributed by atoms with E-state index >= 15 is 0 Å². The summed E-state index contributed by atoms with van der Waals surface area (Å²) in [4.78, 5) is 1.32. The van der Waals surface area contributed by atoms with Crippen LogP contribution in [0.1, 0.15) is 29.8 Å². The van der Waals surface area contributed by atoms with Crippen molar-refractivity contribution in [3.63, 3.8) is 0 Å². The molecule has 2 heterocycles. The fourth-order valence-electron chi connectivity index (χ4n) is 1.89. The van der Waals surface area contributed by atoms with Crippen LogP contribution in [0.15, 0.2) is 23.8 Å². The second-order valence-electron chi connectivity index (χ2n) is 4.12. The Kier molecular flexibility index (Phi) is 4.22. The van der Waals surface area contributed by atoms with E-state index in [1.165, 1.54) is 10.4 Å². The van der Waals surface area contributed by atoms with Crippen LogP contribution in [0.4, 0.5) is 0 Å². The topological polar surface area (TPSA) is 43.8 Å². The molecule has 0 fully saturated rings. The summed E-state index contributed by atoms with van der Waals surface area (Å²) >= 11 is 4.04. The van der Waals surface area contributed by atoms with Gasteiger partial charge in [-0.05, 0) is 52.9 Å². The molecule has 0 bridgehead atoms. The quantitative estimate of drug-likeness (QED) is 0.850. The third-order valence-electron chi connectivity index (χ3n) is 2.90. The molecule has 3 nitrogen and oxygen atoms in total. The van der Waals surface area contributed by atoms with E-state index in [-0.39, 0.29) is 12.1 Å². The zero-order chi connectivity index (χ0) is 12.4. The minimum Gasteiger partial charge on any atom is -0.326 e. The summed E-state index contributed by atoms with van der Waals surface area (Å²) in [7, 11) is 0. The van der Waals surface area contributed by atoms with Gasteiger partial charge in [0, 0.05) is 17.1 Å². The summed E-state index contributed by atoms with van der Waals surface area (Å²) < 4.78 is 3.14. The normalized spacial score (nSPS) is 14.8. The highest BCUT2D eigenvalue weighted by Gasteiger charge is 2.23. The van der Waals surface area contributed by atoms with Gasteiger partial charge >= 0.3 is 0 Å². The van der Waals surface area contributed by atoms with Crippen LogP contribution >= 0.6 is 33.9 Å². The first-order valence-electron chi connectivity index (χ1n) is 5.62. The van der Waals surface area contributed by atoms with Crippen LogP contribution in [0.5, 0.6) is 0 Å². The van der Waals surface area contributed by atoms with Crippen molar-refractivity contribution >= 4 is 33.9 Å². The van der Waals surface area contributed by atoms with E-state index in [2.05, 4.69) is 59.2 Å². The minimum absolute atomic E-state index is 0.100. The number of thiophene rings is 1. The summed E-state index contributed by atoms with van der Waals surface area (Å²) in [5.41, 5.74) is 7.56. The van der Waals surface area contributed by atoms with E-state index < -0.39 is 0 Å². The van der Waals surface area contributed by atoms with Crippen molar-refractivity contribution in [2.45, 2.75) is 32.4 Å². The van der Waals surface area contributed by atoms with Crippen LogP contribution in [0.3, 0.4) is 0 Å². The average molecular weight is 361 g/mol. The molecule has 0 aromatic carbocycles. The second-order valence-corrected chi connectivity index (χ2v) is 6.32. The lowest BCUT2D eigenvalue weighted by atomic mass is 10.0. The highest BCUT2D eigenvalue weighted by Crippen LogP contribution is 2.30. The number of nitrogens with two attached hydrogens (primary N) is 1. The Morgan fingerprint density at radius 3 is 2.82 bits per heavy atom. The van der Waals surface area contributed by atoms with Crippen LogP contribution in [0.2, 0.25) is 0 Å². The van der Waals surface area contributed by atoms with Gasteiger partial charge in [0.1, 0.15) is 6.04 Å². The smallest absolute Gasteiger partial charge is 0.101 e. The summed E-state index contributed by atoms with van der Waals surface area (Å²) in [5, 5.41) is 6.54. The predicted octanol–water partition coefficient (Wildman–Crippen LogP) is 3.18. The first-order valence-corrected chi connectivity index (χ1v) is 7.58. The minimum atomic E-state index is 0.100. The lowest BCUT2D eigenvalue weighted by Gasteiger charge is -2.23. The molecule has 2 atom stereocenters. The van der Waals surface area contributed by atoms with E-state index in [0.717, 1.165) is 9.99 Å². The van der Waals surface area contributed by atoms with Crippen LogP contribution in [0, 0.1) is 10.5 Å². The molecule has 2 N–H and O–H groups in total. The summed E-state index contributed by atoms with van der Waals surface area (Å²) in [6, 6.07) is 2.40. The number of hydrogen-bond donors (Lipinski definition) is 1. The van der Waals surface area contributed by atoms with Crippen molar-refractivity contribution in [3.05, 3.63) is 37.9 Å². The van der Waals surface area contributed by atoms with E-state index in [0.29, 0.717) is 0 Å². The molecular weight excluding hydrogens is 345 g/mol. The van der Waals surface area contributed by atoms with Crippen molar-refractivity contribution in [2.24, 2.45) is 5.73 Å². The van der Waals surface area contributed by atoms with Crippen molar-refractivity contribution in [1.29, 1.82) is 0 Å². The molecule has 0 aliphatic rings. The zero-order valence-electron chi connectivity index (χ0n) is 9.93. The predicted molar refractivity (Wildman–Crippen MR) is 80.4 cm³/mol. The average Bonchev–Trinajstić information content (AvgIpc) is 2.90. The third kappa shape index (κ3) is 2.71. The number of aromatic nitrogens is 2. The van der Waals surface area contributed by atoms with Crippen molar-refractivity contribution in [1.82, 2.24) is 9.78 Å². The molecule has 17 heavy (non-hydrogen) atoms. The van der Waals surface area contributed by atoms with Gasteiger partial charge in [0.25, 0.3) is 0 Å². The molecule has 2 unspecified atom stereocenters. The maximum atomic E-state index is 6.26. The lowest BCUT2D eigenvalue weighted by molar-refractivity contribution is 0.428. The molecule has 0 aliphatic heterocycles. The Morgan fingerprint density at radius 1 is 1.59 bits per heavy atom. The molecule has 5 heteroatoms. The summed E-state index contributed by atoms with van der Waals surface area (Å²) in [5.74, 6) is 0. The van der Waals surface area contributed by atoms with Gasteiger partial charge in [-0.3, -0.25) is 4.68 Å². The van der Waals surface area contributed by atoms with E-state index in [1.807, 2.05) is 10.9 Å². The first kappa shape index (κ1) is 13.0. The van der Waals surface area contributed by atoms with Gasteiger partial charge in [-0.2, -0.15) is 5.10 Å². The van der Waals surface area contributed by atoms with E-state index in [1.54, 1.807) is 11.3 Å². The Morgan fingerprint density at radius 2 is 2.35 bits per heavy atom. The van der Waals surface area contributed by atoms with Crippen LogP contribution in [0.25, 0.3) is 0 Å². The number of rotatable bonds is 4. The van der Waals surface area contributed by atoms with Gasteiger partial charge in [-0.15, -0.1) is 11.3 Å². The molecule has 2 aromatic rings. The Bertz CT molecular complexity index is 491. The van der Waals surface area contributed by atoms with Gasteiger partial charge < -0.3 is 5.73 Å². The largest absolute Gasteiger partial charge is 0.326 e. The first-order chi connectivity index (χ1) is 8.13. The highest BCUT2D eigenvalue weighted by atomic mass is 127. The molecule has 0 amide bonds. The number of aryl methyl sites for hydroxylation is 1. The monoisotopic (exact) mass is 361 g/mol. The highest BCUT2D eigenvalue weighted by molar-refractivity contribution is 14.1. The fraction of sp³-hybridized carbons (Fsp3) is 0.417. The van der Waals surface area contributed by atoms with Crippen LogP contribution in [-0.2, 0) is 0 Å². The van der Waals surface area contributed by atoms with Crippen LogP contribution < -0.4 is 5.73 Å². The molecular formula is C12H16IN3S. The van der Waals surface area contributed by atoms with Gasteiger partial charge in [-0.25, -0.2) is 0 Å². The molecule has 0 spiro atoms. The SMILES string of the molecule is CCC(N)C(c1sccc1C)n1cc(I)cn1. The number of nitrogens with zero attached hydrogens (tertiary/aromatic N) is 2. The molecule has 0 saturated heterocycles. The van der Waals surface area contributed by atoms with E-state index in [9.17, 15) is 0 Å². The second kappa shape index (κ2) is 5.49. The summed E-state index contributed by atoms with van der Waals surface area (Å²) in [6.45, 7) is 4.25. The Labute approximate surface area is 119 Å². The lowest BCUT2D eigenvalue weighted by Crippen LogP contribution is -2.32. The van der Waals surface area contributed by atoms with E-state index in [4.69, 9.17) is 5.73 Å². The molecule has 0 radical (unpaired) electrons. The fourth-order valence-corrected chi connectivity index (χ4v) is 3.39. The third-order valence-corrected chi connectivity index (χ3v) is 4.55. The van der Waals surface area contributed by atoms with Crippen molar-refractivity contribution in [2.75, 3.05) is 0 Å². The molecule has 2 rings (SSSR count).